The molecule has 5 rings (SSSR count). The molecule has 0 bridgehead atoms. The predicted octanol–water partition coefficient (Wildman–Crippen LogP) is 7.56. The van der Waals surface area contributed by atoms with Crippen LogP contribution in [0.1, 0.15) is 21.5 Å². The number of carboxylic acids is 1. The molecule has 4 aromatic rings. The van der Waals surface area contributed by atoms with E-state index in [0.717, 1.165) is 24.0 Å². The first-order chi connectivity index (χ1) is 18.3. The van der Waals surface area contributed by atoms with Gasteiger partial charge in [-0.1, -0.05) is 42.5 Å². The maximum atomic E-state index is 12.9. The van der Waals surface area contributed by atoms with Gasteiger partial charge in [-0.2, -0.15) is 0 Å². The average molecular weight is 746 g/mol. The number of halogens is 2. The van der Waals surface area contributed by atoms with Crippen LogP contribution in [0, 0.1) is 7.14 Å². The van der Waals surface area contributed by atoms with E-state index < -0.39 is 5.97 Å². The average Bonchev–Trinajstić information content (AvgIpc) is 3.16. The van der Waals surface area contributed by atoms with E-state index in [-0.39, 0.29) is 11.5 Å². The number of aromatic carboxylic acids is 1. The standard InChI is InChI=1S/C29H20I2N2O4S/c1-33-27(34)25(38-29(33)32-21-11-9-19(10-12-21)28(35)36)15-17-13-23(30)26(24(31)14-17)37-16-20-7-4-6-18-5-2-3-8-22(18)20/h2-15H,16H2,1H3,(H,35,36)/b25-15-,32-29?. The highest BCUT2D eigenvalue weighted by molar-refractivity contribution is 14.1. The Labute approximate surface area is 251 Å². The smallest absolute Gasteiger partial charge is 0.335 e. The number of ether oxygens (including phenoxy) is 1. The second-order valence-electron chi connectivity index (χ2n) is 8.46. The van der Waals surface area contributed by atoms with Crippen LogP contribution in [0.25, 0.3) is 16.8 Å². The summed E-state index contributed by atoms with van der Waals surface area (Å²) in [6.07, 6.45) is 1.86. The zero-order valence-corrected chi connectivity index (χ0v) is 25.2. The number of benzene rings is 4. The van der Waals surface area contributed by atoms with Crippen LogP contribution in [0.15, 0.2) is 88.8 Å². The van der Waals surface area contributed by atoms with E-state index in [1.165, 1.54) is 39.6 Å². The van der Waals surface area contributed by atoms with Gasteiger partial charge in [-0.25, -0.2) is 9.79 Å². The number of amides is 1. The summed E-state index contributed by atoms with van der Waals surface area (Å²) in [6.45, 7) is 0.459. The topological polar surface area (TPSA) is 79.2 Å². The van der Waals surface area contributed by atoms with Crippen molar-refractivity contribution in [3.05, 3.63) is 108 Å². The molecule has 1 fully saturated rings. The summed E-state index contributed by atoms with van der Waals surface area (Å²) in [5, 5.41) is 12.0. The molecule has 0 aromatic heterocycles. The zero-order valence-electron chi connectivity index (χ0n) is 20.0. The number of amidine groups is 1. The molecule has 0 saturated carbocycles. The molecule has 1 aliphatic rings. The fourth-order valence-corrected chi connectivity index (χ4v) is 7.08. The van der Waals surface area contributed by atoms with E-state index in [9.17, 15) is 9.59 Å². The molecule has 6 nitrogen and oxygen atoms in total. The van der Waals surface area contributed by atoms with E-state index in [2.05, 4.69) is 74.4 Å². The Balaban J connectivity index is 1.35. The van der Waals surface area contributed by atoms with Gasteiger partial charge in [-0.05, 0) is 121 Å². The van der Waals surface area contributed by atoms with Gasteiger partial charge in [0.2, 0.25) is 0 Å². The molecule has 1 amide bonds. The molecule has 0 aliphatic carbocycles. The predicted molar refractivity (Wildman–Crippen MR) is 169 cm³/mol. The molecule has 0 atom stereocenters. The summed E-state index contributed by atoms with van der Waals surface area (Å²) >= 11 is 5.82. The third kappa shape index (κ3) is 5.74. The van der Waals surface area contributed by atoms with Crippen LogP contribution < -0.4 is 4.74 Å². The number of aliphatic imine (C=N–C) groups is 1. The Morgan fingerprint density at radius 2 is 1.71 bits per heavy atom. The van der Waals surface area contributed by atoms with Crippen LogP contribution in [0.5, 0.6) is 5.75 Å². The van der Waals surface area contributed by atoms with E-state index in [1.807, 2.05) is 36.4 Å². The van der Waals surface area contributed by atoms with Crippen molar-refractivity contribution < 1.29 is 19.4 Å². The number of carboxylic acid groups (broad SMARTS) is 1. The SMILES string of the molecule is CN1C(=O)/C(=C/c2cc(I)c(OCc3cccc4ccccc34)c(I)c2)SC1=Nc1ccc(C(=O)O)cc1. The maximum absolute atomic E-state index is 12.9. The van der Waals surface area contributed by atoms with Crippen molar-refractivity contribution in [2.45, 2.75) is 6.61 Å². The lowest BCUT2D eigenvalue weighted by molar-refractivity contribution is -0.121. The molecule has 0 unspecified atom stereocenters. The van der Waals surface area contributed by atoms with E-state index >= 15 is 0 Å². The van der Waals surface area contributed by atoms with Crippen LogP contribution in [-0.2, 0) is 11.4 Å². The monoisotopic (exact) mass is 746 g/mol. The fourth-order valence-electron chi connectivity index (χ4n) is 3.96. The van der Waals surface area contributed by atoms with Crippen LogP contribution >= 0.6 is 56.9 Å². The summed E-state index contributed by atoms with van der Waals surface area (Å²) in [7, 11) is 1.68. The third-order valence-corrected chi connectivity index (χ3v) is 8.58. The number of thioether (sulfide) groups is 1. The molecule has 4 aromatic carbocycles. The second-order valence-corrected chi connectivity index (χ2v) is 11.8. The maximum Gasteiger partial charge on any atom is 0.335 e. The van der Waals surface area contributed by atoms with Crippen molar-refractivity contribution in [1.82, 2.24) is 4.90 Å². The first-order valence-electron chi connectivity index (χ1n) is 11.5. The van der Waals surface area contributed by atoms with Gasteiger partial charge in [0.15, 0.2) is 5.17 Å². The molecule has 0 radical (unpaired) electrons. The Kier molecular flexibility index (Phi) is 8.05. The quantitative estimate of drug-likeness (QED) is 0.163. The molecule has 1 aliphatic heterocycles. The first-order valence-corrected chi connectivity index (χ1v) is 14.5. The number of carbonyl (C=O) groups is 2. The summed E-state index contributed by atoms with van der Waals surface area (Å²) in [4.78, 5) is 30.6. The number of hydrogen-bond acceptors (Lipinski definition) is 5. The summed E-state index contributed by atoms with van der Waals surface area (Å²) in [5.74, 6) is -0.320. The molecule has 1 saturated heterocycles. The van der Waals surface area contributed by atoms with E-state index in [4.69, 9.17) is 9.84 Å². The van der Waals surface area contributed by atoms with Gasteiger partial charge in [0, 0.05) is 7.05 Å². The minimum atomic E-state index is -0.994. The molecular formula is C29H20I2N2O4S. The number of nitrogens with zero attached hydrogens (tertiary/aromatic N) is 2. The largest absolute Gasteiger partial charge is 0.487 e. The Morgan fingerprint density at radius 1 is 1.03 bits per heavy atom. The van der Waals surface area contributed by atoms with E-state index in [0.29, 0.717) is 22.4 Å². The van der Waals surface area contributed by atoms with Crippen LogP contribution in [-0.4, -0.2) is 34.1 Å². The Morgan fingerprint density at radius 3 is 2.42 bits per heavy atom. The van der Waals surface area contributed by atoms with Crippen molar-refractivity contribution in [3.8, 4) is 5.75 Å². The number of hydrogen-bond donors (Lipinski definition) is 1. The molecule has 1 heterocycles. The first kappa shape index (κ1) is 26.7. The normalized spacial score (nSPS) is 15.6. The lowest BCUT2D eigenvalue weighted by Gasteiger charge is -2.13. The Bertz CT molecular complexity index is 1610. The number of rotatable bonds is 6. The summed E-state index contributed by atoms with van der Waals surface area (Å²) < 4.78 is 8.17. The van der Waals surface area contributed by atoms with Crippen LogP contribution in [0.4, 0.5) is 5.69 Å². The number of carbonyl (C=O) groups excluding carboxylic acids is 1. The molecule has 38 heavy (non-hydrogen) atoms. The van der Waals surface area contributed by atoms with Gasteiger partial charge in [0.1, 0.15) is 12.4 Å². The molecular weight excluding hydrogens is 726 g/mol. The van der Waals surface area contributed by atoms with Crippen molar-refractivity contribution >= 4 is 96.5 Å². The summed E-state index contributed by atoms with van der Waals surface area (Å²) in [6, 6.07) is 24.7. The Hall–Kier alpha value is -2.90. The van der Waals surface area contributed by atoms with Crippen molar-refractivity contribution in [1.29, 1.82) is 0 Å². The molecule has 1 N–H and O–H groups in total. The van der Waals surface area contributed by atoms with Crippen molar-refractivity contribution in [3.63, 3.8) is 0 Å². The zero-order chi connectivity index (χ0) is 26.8. The van der Waals surface area contributed by atoms with Crippen LogP contribution in [0.3, 0.4) is 0 Å². The van der Waals surface area contributed by atoms with Crippen molar-refractivity contribution in [2.75, 3.05) is 7.05 Å². The number of likely N-dealkylation sites (N-methyl/N-ethyl adjacent to an activating group) is 1. The van der Waals surface area contributed by atoms with Gasteiger partial charge in [0.05, 0.1) is 23.3 Å². The highest BCUT2D eigenvalue weighted by atomic mass is 127. The van der Waals surface area contributed by atoms with Gasteiger partial charge in [-0.15, -0.1) is 0 Å². The van der Waals surface area contributed by atoms with Crippen molar-refractivity contribution in [2.24, 2.45) is 4.99 Å². The highest BCUT2D eigenvalue weighted by Crippen LogP contribution is 2.36. The van der Waals surface area contributed by atoms with Gasteiger partial charge in [-0.3, -0.25) is 9.69 Å². The molecule has 9 heteroatoms. The van der Waals surface area contributed by atoms with Crippen LogP contribution in [0.2, 0.25) is 0 Å². The van der Waals surface area contributed by atoms with Gasteiger partial charge < -0.3 is 9.84 Å². The highest BCUT2D eigenvalue weighted by Gasteiger charge is 2.30. The fraction of sp³-hybridized carbons (Fsp3) is 0.0690. The lowest BCUT2D eigenvalue weighted by atomic mass is 10.1. The lowest BCUT2D eigenvalue weighted by Crippen LogP contribution is -2.23. The summed E-state index contributed by atoms with van der Waals surface area (Å²) in [5.41, 5.74) is 2.79. The third-order valence-electron chi connectivity index (χ3n) is 5.91. The minimum Gasteiger partial charge on any atom is -0.487 e. The van der Waals surface area contributed by atoms with E-state index in [1.54, 1.807) is 19.2 Å². The van der Waals surface area contributed by atoms with Gasteiger partial charge >= 0.3 is 5.97 Å². The minimum absolute atomic E-state index is 0.141. The van der Waals surface area contributed by atoms with Gasteiger partial charge in [0.25, 0.3) is 5.91 Å². The molecule has 0 spiro atoms. The molecule has 190 valence electrons. The number of fused-ring (bicyclic) bond motifs is 1. The second kappa shape index (κ2) is 11.5.